The van der Waals surface area contributed by atoms with Crippen LogP contribution in [0.15, 0.2) is 28.7 Å². The highest BCUT2D eigenvalue weighted by Crippen LogP contribution is 2.31. The molecule has 0 aliphatic heterocycles. The molecule has 1 heterocycles. The number of aromatic nitrogens is 2. The molecule has 16 heavy (non-hydrogen) atoms. The average Bonchev–Trinajstić information content (AvgIpc) is 2.55. The van der Waals surface area contributed by atoms with E-state index in [1.807, 2.05) is 19.2 Å². The van der Waals surface area contributed by atoms with Gasteiger partial charge in [-0.25, -0.2) is 0 Å². The zero-order valence-electron chi connectivity index (χ0n) is 9.37. The molecule has 0 unspecified atom stereocenters. The van der Waals surface area contributed by atoms with Crippen molar-refractivity contribution in [3.05, 3.63) is 34.4 Å². The minimum Gasteiger partial charge on any atom is -0.383 e. The zero-order chi connectivity index (χ0) is 11.7. The second-order valence-corrected chi connectivity index (χ2v) is 4.61. The molecular weight excluding hydrogens is 266 g/mol. The van der Waals surface area contributed by atoms with Crippen LogP contribution < -0.4 is 5.73 Å². The first-order valence-electron chi connectivity index (χ1n) is 5.20. The second kappa shape index (κ2) is 4.29. The van der Waals surface area contributed by atoms with Crippen LogP contribution in [0.3, 0.4) is 0 Å². The minimum atomic E-state index is 0.718. The van der Waals surface area contributed by atoms with Gasteiger partial charge in [-0.3, -0.25) is 4.68 Å². The Morgan fingerprint density at radius 2 is 2.19 bits per heavy atom. The highest BCUT2D eigenvalue weighted by Gasteiger charge is 2.14. The zero-order valence-corrected chi connectivity index (χ0v) is 11.0. The van der Waals surface area contributed by atoms with E-state index in [0.29, 0.717) is 0 Å². The Morgan fingerprint density at radius 1 is 1.44 bits per heavy atom. The number of benzene rings is 1. The SMILES string of the molecule is CCc1nn(C)c(N)c1-c1cccc(Br)c1. The largest absolute Gasteiger partial charge is 0.383 e. The van der Waals surface area contributed by atoms with Crippen molar-refractivity contribution >= 4 is 21.7 Å². The van der Waals surface area contributed by atoms with E-state index in [2.05, 4.69) is 40.1 Å². The predicted molar refractivity (Wildman–Crippen MR) is 70.1 cm³/mol. The first-order chi connectivity index (χ1) is 7.63. The monoisotopic (exact) mass is 279 g/mol. The number of aryl methyl sites for hydroxylation is 2. The van der Waals surface area contributed by atoms with Crippen molar-refractivity contribution in [3.8, 4) is 11.1 Å². The van der Waals surface area contributed by atoms with Gasteiger partial charge < -0.3 is 5.73 Å². The average molecular weight is 280 g/mol. The Hall–Kier alpha value is -1.29. The summed E-state index contributed by atoms with van der Waals surface area (Å²) in [6.07, 6.45) is 0.882. The molecule has 2 N–H and O–H groups in total. The van der Waals surface area contributed by atoms with Crippen molar-refractivity contribution in [2.45, 2.75) is 13.3 Å². The van der Waals surface area contributed by atoms with Gasteiger partial charge in [-0.2, -0.15) is 5.10 Å². The highest BCUT2D eigenvalue weighted by atomic mass is 79.9. The summed E-state index contributed by atoms with van der Waals surface area (Å²) >= 11 is 3.47. The molecule has 2 aromatic rings. The lowest BCUT2D eigenvalue weighted by Gasteiger charge is -2.03. The van der Waals surface area contributed by atoms with Crippen molar-refractivity contribution in [3.63, 3.8) is 0 Å². The van der Waals surface area contributed by atoms with Crippen LogP contribution in [0.1, 0.15) is 12.6 Å². The van der Waals surface area contributed by atoms with E-state index >= 15 is 0 Å². The molecule has 0 radical (unpaired) electrons. The Bertz CT molecular complexity index is 517. The predicted octanol–water partition coefficient (Wildman–Crippen LogP) is 2.99. The molecule has 0 amide bonds. The van der Waals surface area contributed by atoms with Gasteiger partial charge in [0.1, 0.15) is 5.82 Å². The Labute approximate surface area is 103 Å². The van der Waals surface area contributed by atoms with Gasteiger partial charge in [0, 0.05) is 17.1 Å². The van der Waals surface area contributed by atoms with Crippen LogP contribution >= 0.6 is 15.9 Å². The third-order valence-electron chi connectivity index (χ3n) is 2.61. The first-order valence-corrected chi connectivity index (χ1v) is 6.00. The van der Waals surface area contributed by atoms with Crippen LogP contribution in [0, 0.1) is 0 Å². The number of nitrogens with zero attached hydrogens (tertiary/aromatic N) is 2. The Morgan fingerprint density at radius 3 is 2.81 bits per heavy atom. The summed E-state index contributed by atoms with van der Waals surface area (Å²) in [7, 11) is 1.87. The second-order valence-electron chi connectivity index (χ2n) is 3.69. The molecular formula is C12H14BrN3. The molecule has 0 aliphatic carbocycles. The summed E-state index contributed by atoms with van der Waals surface area (Å²) in [6, 6.07) is 8.12. The third-order valence-corrected chi connectivity index (χ3v) is 3.11. The number of rotatable bonds is 2. The molecule has 4 heteroatoms. The van der Waals surface area contributed by atoms with Gasteiger partial charge in [-0.1, -0.05) is 35.0 Å². The van der Waals surface area contributed by atoms with Crippen LogP contribution in [0.25, 0.3) is 11.1 Å². The number of anilines is 1. The molecule has 0 aliphatic rings. The molecule has 0 saturated heterocycles. The van der Waals surface area contributed by atoms with E-state index in [-0.39, 0.29) is 0 Å². The lowest BCUT2D eigenvalue weighted by molar-refractivity contribution is 0.755. The fraction of sp³-hybridized carbons (Fsp3) is 0.250. The van der Waals surface area contributed by atoms with Crippen LogP contribution in [-0.2, 0) is 13.5 Å². The van der Waals surface area contributed by atoms with Gasteiger partial charge >= 0.3 is 0 Å². The van der Waals surface area contributed by atoms with E-state index in [1.165, 1.54) is 0 Å². The number of hydrogen-bond acceptors (Lipinski definition) is 2. The minimum absolute atomic E-state index is 0.718. The molecule has 1 aromatic heterocycles. The van der Waals surface area contributed by atoms with E-state index in [4.69, 9.17) is 5.73 Å². The van der Waals surface area contributed by atoms with Crippen molar-refractivity contribution in [2.24, 2.45) is 7.05 Å². The van der Waals surface area contributed by atoms with E-state index in [9.17, 15) is 0 Å². The van der Waals surface area contributed by atoms with Crippen LogP contribution in [0.2, 0.25) is 0 Å². The molecule has 2 rings (SSSR count). The van der Waals surface area contributed by atoms with Crippen LogP contribution in [-0.4, -0.2) is 9.78 Å². The Kier molecular flexibility index (Phi) is 3.01. The van der Waals surface area contributed by atoms with Gasteiger partial charge in [0.2, 0.25) is 0 Å². The number of nitrogen functional groups attached to an aromatic ring is 1. The highest BCUT2D eigenvalue weighted by molar-refractivity contribution is 9.10. The topological polar surface area (TPSA) is 43.8 Å². The van der Waals surface area contributed by atoms with E-state index in [0.717, 1.165) is 33.5 Å². The number of halogens is 1. The molecule has 0 bridgehead atoms. The molecule has 84 valence electrons. The quantitative estimate of drug-likeness (QED) is 0.919. The van der Waals surface area contributed by atoms with Crippen LogP contribution in [0.5, 0.6) is 0 Å². The molecule has 0 spiro atoms. The lowest BCUT2D eigenvalue weighted by Crippen LogP contribution is -1.97. The standard InChI is InChI=1S/C12H14BrN3/c1-3-10-11(12(14)16(2)15-10)8-5-4-6-9(13)7-8/h4-7H,3,14H2,1-2H3. The summed E-state index contributed by atoms with van der Waals surface area (Å²) in [6.45, 7) is 2.09. The van der Waals surface area contributed by atoms with E-state index < -0.39 is 0 Å². The summed E-state index contributed by atoms with van der Waals surface area (Å²) in [5, 5.41) is 4.41. The number of nitrogens with two attached hydrogens (primary N) is 1. The van der Waals surface area contributed by atoms with Gasteiger partial charge in [-0.05, 0) is 24.1 Å². The maximum absolute atomic E-state index is 6.05. The normalized spacial score (nSPS) is 10.7. The summed E-state index contributed by atoms with van der Waals surface area (Å²) in [5.41, 5.74) is 9.24. The summed E-state index contributed by atoms with van der Waals surface area (Å²) < 4.78 is 2.78. The van der Waals surface area contributed by atoms with Crippen molar-refractivity contribution < 1.29 is 0 Å². The fourth-order valence-corrected chi connectivity index (χ4v) is 2.20. The van der Waals surface area contributed by atoms with Crippen molar-refractivity contribution in [1.29, 1.82) is 0 Å². The van der Waals surface area contributed by atoms with E-state index in [1.54, 1.807) is 4.68 Å². The van der Waals surface area contributed by atoms with Gasteiger partial charge in [0.05, 0.1) is 5.69 Å². The fourth-order valence-electron chi connectivity index (χ4n) is 1.80. The first kappa shape index (κ1) is 11.2. The molecule has 0 saturated carbocycles. The summed E-state index contributed by atoms with van der Waals surface area (Å²) in [4.78, 5) is 0. The van der Waals surface area contributed by atoms with Gasteiger partial charge in [-0.15, -0.1) is 0 Å². The van der Waals surface area contributed by atoms with Crippen molar-refractivity contribution in [2.75, 3.05) is 5.73 Å². The Balaban J connectivity index is 2.63. The third kappa shape index (κ3) is 1.85. The molecule has 0 fully saturated rings. The molecule has 3 nitrogen and oxygen atoms in total. The smallest absolute Gasteiger partial charge is 0.129 e. The van der Waals surface area contributed by atoms with Gasteiger partial charge in [0.15, 0.2) is 0 Å². The van der Waals surface area contributed by atoms with Gasteiger partial charge in [0.25, 0.3) is 0 Å². The van der Waals surface area contributed by atoms with Crippen LogP contribution in [0.4, 0.5) is 5.82 Å². The van der Waals surface area contributed by atoms with Crippen molar-refractivity contribution in [1.82, 2.24) is 9.78 Å². The molecule has 0 atom stereocenters. The maximum atomic E-state index is 6.05. The maximum Gasteiger partial charge on any atom is 0.129 e. The molecule has 1 aromatic carbocycles. The summed E-state index contributed by atoms with van der Waals surface area (Å²) in [5.74, 6) is 0.718. The lowest BCUT2D eigenvalue weighted by atomic mass is 10.0. The number of hydrogen-bond donors (Lipinski definition) is 1.